The highest BCUT2D eigenvalue weighted by Gasteiger charge is 2.20. The van der Waals surface area contributed by atoms with Crippen molar-refractivity contribution in [2.24, 2.45) is 0 Å². The molecule has 3 amide bonds. The van der Waals surface area contributed by atoms with E-state index >= 15 is 4.39 Å². The lowest BCUT2D eigenvalue weighted by Gasteiger charge is -2.29. The molecular formula is C35H33FN6O3S. The molecule has 0 bridgehead atoms. The first kappa shape index (κ1) is 31.0. The Labute approximate surface area is 270 Å². The second-order valence-corrected chi connectivity index (χ2v) is 11.9. The number of amides is 3. The fourth-order valence-corrected chi connectivity index (χ4v) is 5.69. The number of nitrogens with one attached hydrogen (secondary N) is 2. The van der Waals surface area contributed by atoms with Gasteiger partial charge in [0.2, 0.25) is 0 Å². The van der Waals surface area contributed by atoms with E-state index in [2.05, 4.69) is 46.1 Å². The largest absolute Gasteiger partial charge is 0.378 e. The number of anilines is 3. The number of ether oxygens (including phenoxy) is 1. The van der Waals surface area contributed by atoms with Gasteiger partial charge in [0.05, 0.1) is 24.4 Å². The number of hydrogen-bond acceptors (Lipinski definition) is 7. The van der Waals surface area contributed by atoms with E-state index in [9.17, 15) is 9.59 Å². The van der Waals surface area contributed by atoms with Crippen LogP contribution in [0.1, 0.15) is 10.4 Å². The topological polar surface area (TPSA) is 99.7 Å². The molecule has 1 aromatic heterocycles. The van der Waals surface area contributed by atoms with Crippen molar-refractivity contribution < 1.29 is 18.7 Å². The first-order valence-electron chi connectivity index (χ1n) is 14.8. The van der Waals surface area contributed by atoms with Crippen LogP contribution in [0.4, 0.5) is 26.4 Å². The number of rotatable bonds is 7. The summed E-state index contributed by atoms with van der Waals surface area (Å²) in [6.07, 6.45) is 2.05. The van der Waals surface area contributed by atoms with Crippen molar-refractivity contribution >= 4 is 51.8 Å². The van der Waals surface area contributed by atoms with Gasteiger partial charge in [-0.2, -0.15) is 0 Å². The number of benzene rings is 4. The van der Waals surface area contributed by atoms with Crippen molar-refractivity contribution in [3.63, 3.8) is 0 Å². The minimum Gasteiger partial charge on any atom is -0.378 e. The van der Waals surface area contributed by atoms with Crippen LogP contribution in [-0.4, -0.2) is 73.5 Å². The van der Waals surface area contributed by atoms with Crippen molar-refractivity contribution in [2.75, 3.05) is 62.2 Å². The Bertz CT molecular complexity index is 1910. The van der Waals surface area contributed by atoms with Crippen molar-refractivity contribution in [1.82, 2.24) is 14.9 Å². The van der Waals surface area contributed by atoms with Crippen LogP contribution in [0.25, 0.3) is 33.4 Å². The Hall–Kier alpha value is -5.00. The molecule has 0 aliphatic carbocycles. The normalized spacial score (nSPS) is 13.0. The van der Waals surface area contributed by atoms with E-state index in [0.717, 1.165) is 27.8 Å². The third kappa shape index (κ3) is 6.80. The minimum atomic E-state index is -0.626. The number of nitrogens with zero attached hydrogens (tertiary/aromatic N) is 4. The molecule has 2 N–H and O–H groups in total. The van der Waals surface area contributed by atoms with E-state index in [1.54, 1.807) is 56.2 Å². The van der Waals surface area contributed by atoms with Gasteiger partial charge < -0.3 is 25.2 Å². The number of hydrogen-bond donors (Lipinski definition) is 2. The molecule has 1 aliphatic heterocycles. The second-order valence-electron chi connectivity index (χ2n) is 11.0. The second kappa shape index (κ2) is 13.6. The first-order chi connectivity index (χ1) is 22.3. The van der Waals surface area contributed by atoms with Gasteiger partial charge in [0.25, 0.3) is 5.91 Å². The van der Waals surface area contributed by atoms with Crippen LogP contribution < -0.4 is 15.5 Å². The van der Waals surface area contributed by atoms with Gasteiger partial charge in [-0.15, -0.1) is 11.8 Å². The van der Waals surface area contributed by atoms with Gasteiger partial charge in [0, 0.05) is 54.3 Å². The van der Waals surface area contributed by atoms with E-state index in [-0.39, 0.29) is 11.6 Å². The molecule has 0 unspecified atom stereocenters. The summed E-state index contributed by atoms with van der Waals surface area (Å²) in [5.74, 6) is 0.380. The van der Waals surface area contributed by atoms with E-state index in [1.165, 1.54) is 21.9 Å². The van der Waals surface area contributed by atoms with Gasteiger partial charge in [-0.25, -0.2) is 19.2 Å². The maximum atomic E-state index is 15.4. The Balaban J connectivity index is 1.28. The molecule has 11 heteroatoms. The van der Waals surface area contributed by atoms with Crippen LogP contribution in [0.5, 0.6) is 0 Å². The third-order valence-corrected chi connectivity index (χ3v) is 8.39. The molecule has 1 saturated heterocycles. The molecule has 2 heterocycles. The maximum absolute atomic E-state index is 15.4. The van der Waals surface area contributed by atoms with E-state index in [0.29, 0.717) is 48.9 Å². The lowest BCUT2D eigenvalue weighted by atomic mass is 10.0. The molecule has 4 aromatic carbocycles. The van der Waals surface area contributed by atoms with Crippen LogP contribution in [0.2, 0.25) is 0 Å². The third-order valence-electron chi connectivity index (χ3n) is 7.66. The fourth-order valence-electron chi connectivity index (χ4n) is 5.23. The highest BCUT2D eigenvalue weighted by molar-refractivity contribution is 7.98. The molecule has 0 atom stereocenters. The van der Waals surface area contributed by atoms with Gasteiger partial charge in [0.15, 0.2) is 5.82 Å². The Morgan fingerprint density at radius 1 is 0.870 bits per heavy atom. The lowest BCUT2D eigenvalue weighted by Crippen LogP contribution is -2.37. The Morgan fingerprint density at radius 2 is 1.61 bits per heavy atom. The minimum absolute atomic E-state index is 0.00538. The molecule has 0 radical (unpaired) electrons. The molecular weight excluding hydrogens is 603 g/mol. The van der Waals surface area contributed by atoms with Crippen LogP contribution in [0.3, 0.4) is 0 Å². The van der Waals surface area contributed by atoms with Crippen molar-refractivity contribution in [2.45, 2.75) is 4.90 Å². The van der Waals surface area contributed by atoms with E-state index < -0.39 is 11.8 Å². The molecule has 9 nitrogen and oxygen atoms in total. The highest BCUT2D eigenvalue weighted by Crippen LogP contribution is 2.33. The molecule has 46 heavy (non-hydrogen) atoms. The number of halogens is 1. The standard InChI is InChI=1S/C35H33FN6O3S/c1-41(2)34(43)22-7-11-26(12-8-22)37-35(44)39-30-14-10-25(20-29(30)36)32-38-31-21-24(23-5-4-6-27(19-23)46-3)9-13-28(31)33(40-32)42-15-17-45-18-16-42/h4-14,19-21H,15-18H2,1-3H3,(H2,37,39,44). The average Bonchev–Trinajstić information content (AvgIpc) is 3.08. The zero-order valence-electron chi connectivity index (χ0n) is 25.7. The average molecular weight is 637 g/mol. The van der Waals surface area contributed by atoms with Crippen LogP contribution in [-0.2, 0) is 4.74 Å². The summed E-state index contributed by atoms with van der Waals surface area (Å²) < 4.78 is 21.0. The van der Waals surface area contributed by atoms with E-state index in [1.807, 2.05) is 18.2 Å². The predicted molar refractivity (Wildman–Crippen MR) is 182 cm³/mol. The Morgan fingerprint density at radius 3 is 2.33 bits per heavy atom. The lowest BCUT2D eigenvalue weighted by molar-refractivity contribution is 0.0827. The van der Waals surface area contributed by atoms with Crippen molar-refractivity contribution in [3.05, 3.63) is 96.3 Å². The van der Waals surface area contributed by atoms with Crippen LogP contribution >= 0.6 is 11.8 Å². The zero-order valence-corrected chi connectivity index (χ0v) is 26.5. The number of urea groups is 1. The summed E-state index contributed by atoms with van der Waals surface area (Å²) in [6.45, 7) is 2.56. The summed E-state index contributed by atoms with van der Waals surface area (Å²) in [7, 11) is 3.33. The number of carbonyl (C=O) groups excluding carboxylic acids is 2. The zero-order chi connectivity index (χ0) is 32.2. The monoisotopic (exact) mass is 636 g/mol. The van der Waals surface area contributed by atoms with Gasteiger partial charge in [-0.1, -0.05) is 18.2 Å². The summed E-state index contributed by atoms with van der Waals surface area (Å²) in [5.41, 5.74) is 4.30. The van der Waals surface area contributed by atoms with E-state index in [4.69, 9.17) is 14.7 Å². The number of thioether (sulfide) groups is 1. The van der Waals surface area contributed by atoms with Gasteiger partial charge in [-0.3, -0.25) is 4.79 Å². The summed E-state index contributed by atoms with van der Waals surface area (Å²) in [5, 5.41) is 6.13. The quantitative estimate of drug-likeness (QED) is 0.186. The summed E-state index contributed by atoms with van der Waals surface area (Å²) >= 11 is 1.69. The van der Waals surface area contributed by atoms with Gasteiger partial charge >= 0.3 is 6.03 Å². The number of fused-ring (bicyclic) bond motifs is 1. The van der Waals surface area contributed by atoms with Crippen LogP contribution in [0, 0.1) is 5.82 Å². The molecule has 234 valence electrons. The van der Waals surface area contributed by atoms with Crippen molar-refractivity contribution in [3.8, 4) is 22.5 Å². The smallest absolute Gasteiger partial charge is 0.323 e. The van der Waals surface area contributed by atoms with Gasteiger partial charge in [0.1, 0.15) is 11.6 Å². The van der Waals surface area contributed by atoms with Crippen LogP contribution in [0.15, 0.2) is 89.8 Å². The molecule has 5 aromatic rings. The molecule has 6 rings (SSSR count). The molecule has 0 saturated carbocycles. The fraction of sp³-hybridized carbons (Fsp3) is 0.200. The first-order valence-corrected chi connectivity index (χ1v) is 16.0. The van der Waals surface area contributed by atoms with Gasteiger partial charge in [-0.05, 0) is 84.1 Å². The highest BCUT2D eigenvalue weighted by atomic mass is 32.2. The molecule has 1 aliphatic rings. The number of morpholine rings is 1. The summed E-state index contributed by atoms with van der Waals surface area (Å²) in [6, 6.07) is 24.9. The molecule has 0 spiro atoms. The summed E-state index contributed by atoms with van der Waals surface area (Å²) in [4.78, 5) is 39.4. The molecule has 1 fully saturated rings. The number of carbonyl (C=O) groups is 2. The predicted octanol–water partition coefficient (Wildman–Crippen LogP) is 7.01. The SMILES string of the molecule is CSc1cccc(-c2ccc3c(N4CCOCC4)nc(-c4ccc(NC(=O)Nc5ccc(C(=O)N(C)C)cc5)c(F)c4)nc3c2)c1. The number of aromatic nitrogens is 2. The maximum Gasteiger partial charge on any atom is 0.323 e. The van der Waals surface area contributed by atoms with Crippen molar-refractivity contribution in [1.29, 1.82) is 0 Å². The Kier molecular flexibility index (Phi) is 9.13.